The molecule has 24 heavy (non-hydrogen) atoms. The van der Waals surface area contributed by atoms with Gasteiger partial charge in [-0.15, -0.1) is 0 Å². The fraction of sp³-hybridized carbons (Fsp3) is 0.647. The van der Waals surface area contributed by atoms with Gasteiger partial charge in [-0.2, -0.15) is 0 Å². The van der Waals surface area contributed by atoms with Gasteiger partial charge in [0.25, 0.3) is 0 Å². The minimum atomic E-state index is -3.17. The Labute approximate surface area is 143 Å². The molecule has 0 unspecified atom stereocenters. The molecule has 0 bridgehead atoms. The number of pyridine rings is 1. The molecule has 0 saturated carbocycles. The zero-order valence-corrected chi connectivity index (χ0v) is 15.2. The molecule has 1 aromatic rings. The smallest absolute Gasteiger partial charge is 0.229 e. The Morgan fingerprint density at radius 1 is 1.17 bits per heavy atom. The van der Waals surface area contributed by atoms with Gasteiger partial charge >= 0.3 is 0 Å². The number of aryl methyl sites for hydroxylation is 1. The topological polar surface area (TPSA) is 70.6 Å². The van der Waals surface area contributed by atoms with Gasteiger partial charge in [0.05, 0.1) is 23.9 Å². The maximum absolute atomic E-state index is 13.1. The van der Waals surface area contributed by atoms with Crippen LogP contribution >= 0.6 is 0 Å². The van der Waals surface area contributed by atoms with E-state index in [1.807, 2.05) is 30.0 Å². The monoisotopic (exact) mass is 351 g/mol. The molecule has 0 aliphatic carbocycles. The summed E-state index contributed by atoms with van der Waals surface area (Å²) in [4.78, 5) is 19.5. The minimum Gasteiger partial charge on any atom is -0.336 e. The van der Waals surface area contributed by atoms with E-state index in [-0.39, 0.29) is 11.3 Å². The van der Waals surface area contributed by atoms with Gasteiger partial charge in [0.2, 0.25) is 15.9 Å². The van der Waals surface area contributed by atoms with Gasteiger partial charge in [-0.25, -0.2) is 12.7 Å². The molecule has 2 aliphatic rings. The number of likely N-dealkylation sites (tertiary alicyclic amines) is 1. The second kappa shape index (κ2) is 6.44. The molecule has 2 saturated heterocycles. The largest absolute Gasteiger partial charge is 0.336 e. The van der Waals surface area contributed by atoms with Crippen LogP contribution in [-0.2, 0) is 21.4 Å². The van der Waals surface area contributed by atoms with Crippen molar-refractivity contribution in [1.82, 2.24) is 14.2 Å². The molecule has 0 N–H and O–H groups in total. The summed E-state index contributed by atoms with van der Waals surface area (Å²) in [5.41, 5.74) is 1.48. The number of rotatable bonds is 3. The predicted octanol–water partition coefficient (Wildman–Crippen LogP) is 1.55. The highest BCUT2D eigenvalue weighted by molar-refractivity contribution is 7.88. The SMILES string of the molecule is Cc1cccc(CN2CCCC3(CCN(S(C)(=O)=O)CC3)C2=O)n1. The van der Waals surface area contributed by atoms with Crippen LogP contribution < -0.4 is 0 Å². The first-order valence-electron chi connectivity index (χ1n) is 8.47. The van der Waals surface area contributed by atoms with Crippen molar-refractivity contribution in [3.05, 3.63) is 29.6 Å². The summed E-state index contributed by atoms with van der Waals surface area (Å²) in [7, 11) is -3.17. The molecule has 1 aromatic heterocycles. The predicted molar refractivity (Wildman–Crippen MR) is 91.7 cm³/mol. The number of hydrogen-bond donors (Lipinski definition) is 0. The van der Waals surface area contributed by atoms with Crippen LogP contribution in [0.15, 0.2) is 18.2 Å². The van der Waals surface area contributed by atoms with E-state index < -0.39 is 10.0 Å². The van der Waals surface area contributed by atoms with Crippen LogP contribution in [0.25, 0.3) is 0 Å². The van der Waals surface area contributed by atoms with Crippen molar-refractivity contribution in [3.63, 3.8) is 0 Å². The van der Waals surface area contributed by atoms with Crippen molar-refractivity contribution >= 4 is 15.9 Å². The van der Waals surface area contributed by atoms with Crippen molar-refractivity contribution in [2.45, 2.75) is 39.2 Å². The zero-order valence-electron chi connectivity index (χ0n) is 14.4. The van der Waals surface area contributed by atoms with E-state index in [2.05, 4.69) is 4.98 Å². The molecule has 1 spiro atoms. The summed E-state index contributed by atoms with van der Waals surface area (Å²) in [6.45, 7) is 4.14. The third-order valence-corrected chi connectivity index (χ3v) is 6.57. The molecular formula is C17H25N3O3S. The van der Waals surface area contributed by atoms with E-state index in [4.69, 9.17) is 0 Å². The second-order valence-electron chi connectivity index (χ2n) is 7.04. The van der Waals surface area contributed by atoms with E-state index >= 15 is 0 Å². The molecule has 0 aromatic carbocycles. The van der Waals surface area contributed by atoms with Gasteiger partial charge in [0.15, 0.2) is 0 Å². The third-order valence-electron chi connectivity index (χ3n) is 5.27. The summed E-state index contributed by atoms with van der Waals surface area (Å²) < 4.78 is 24.9. The highest BCUT2D eigenvalue weighted by atomic mass is 32.2. The molecule has 2 aliphatic heterocycles. The average molecular weight is 351 g/mol. The van der Waals surface area contributed by atoms with E-state index in [1.165, 1.54) is 10.6 Å². The molecule has 0 atom stereocenters. The molecule has 7 heteroatoms. The summed E-state index contributed by atoms with van der Waals surface area (Å²) in [6.07, 6.45) is 4.31. The van der Waals surface area contributed by atoms with E-state index in [0.29, 0.717) is 32.5 Å². The van der Waals surface area contributed by atoms with Crippen molar-refractivity contribution < 1.29 is 13.2 Å². The molecular weight excluding hydrogens is 326 g/mol. The van der Waals surface area contributed by atoms with Crippen LogP contribution in [-0.4, -0.2) is 54.4 Å². The van der Waals surface area contributed by atoms with Crippen LogP contribution in [0.2, 0.25) is 0 Å². The van der Waals surface area contributed by atoms with Gasteiger partial charge in [-0.1, -0.05) is 6.07 Å². The van der Waals surface area contributed by atoms with Crippen LogP contribution in [0.5, 0.6) is 0 Å². The minimum absolute atomic E-state index is 0.171. The van der Waals surface area contributed by atoms with Crippen molar-refractivity contribution in [3.8, 4) is 0 Å². The van der Waals surface area contributed by atoms with Crippen molar-refractivity contribution in [2.75, 3.05) is 25.9 Å². The molecule has 6 nitrogen and oxygen atoms in total. The lowest BCUT2D eigenvalue weighted by atomic mass is 9.72. The molecule has 3 heterocycles. The number of carbonyl (C=O) groups is 1. The Bertz CT molecular complexity index is 724. The van der Waals surface area contributed by atoms with E-state index in [1.54, 1.807) is 0 Å². The Balaban J connectivity index is 1.71. The van der Waals surface area contributed by atoms with Crippen LogP contribution in [0, 0.1) is 12.3 Å². The molecule has 132 valence electrons. The summed E-state index contributed by atoms with van der Waals surface area (Å²) >= 11 is 0. The summed E-state index contributed by atoms with van der Waals surface area (Å²) in [6, 6.07) is 5.87. The number of carbonyl (C=O) groups excluding carboxylic acids is 1. The standard InChI is InChI=1S/C17H25N3O3S/c1-14-5-3-6-15(18-14)13-19-10-4-7-17(16(19)21)8-11-20(12-9-17)24(2,22)23/h3,5-6H,4,7-13H2,1-2H3. The molecule has 1 amide bonds. The number of hydrogen-bond acceptors (Lipinski definition) is 4. The fourth-order valence-corrected chi connectivity index (χ4v) is 4.74. The second-order valence-corrected chi connectivity index (χ2v) is 9.03. The quantitative estimate of drug-likeness (QED) is 0.828. The highest BCUT2D eigenvalue weighted by Gasteiger charge is 2.46. The number of piperidine rings is 2. The first-order chi connectivity index (χ1) is 11.3. The Hall–Kier alpha value is -1.47. The first kappa shape index (κ1) is 17.4. The average Bonchev–Trinajstić information content (AvgIpc) is 2.52. The Kier molecular flexibility index (Phi) is 4.66. The third kappa shape index (κ3) is 3.47. The summed E-state index contributed by atoms with van der Waals surface area (Å²) in [5, 5.41) is 0. The van der Waals surface area contributed by atoms with Crippen LogP contribution in [0.1, 0.15) is 37.1 Å². The van der Waals surface area contributed by atoms with Gasteiger partial charge in [-0.05, 0) is 44.7 Å². The van der Waals surface area contributed by atoms with Gasteiger partial charge in [0, 0.05) is 25.3 Å². The van der Waals surface area contributed by atoms with Gasteiger partial charge in [-0.3, -0.25) is 9.78 Å². The first-order valence-corrected chi connectivity index (χ1v) is 10.3. The highest BCUT2D eigenvalue weighted by Crippen LogP contribution is 2.41. The normalized spacial score (nSPS) is 22.1. The van der Waals surface area contributed by atoms with Crippen LogP contribution in [0.3, 0.4) is 0 Å². The zero-order chi connectivity index (χ0) is 17.4. The maximum Gasteiger partial charge on any atom is 0.229 e. The van der Waals surface area contributed by atoms with Crippen molar-refractivity contribution in [1.29, 1.82) is 0 Å². The van der Waals surface area contributed by atoms with Crippen molar-refractivity contribution in [2.24, 2.45) is 5.41 Å². The molecule has 3 rings (SSSR count). The lowest BCUT2D eigenvalue weighted by Crippen LogP contribution is -2.54. The van der Waals surface area contributed by atoms with E-state index in [9.17, 15) is 13.2 Å². The molecule has 2 fully saturated rings. The van der Waals surface area contributed by atoms with Gasteiger partial charge < -0.3 is 4.90 Å². The number of nitrogens with zero attached hydrogens (tertiary/aromatic N) is 3. The lowest BCUT2D eigenvalue weighted by Gasteiger charge is -2.45. The van der Waals surface area contributed by atoms with E-state index in [0.717, 1.165) is 30.8 Å². The number of sulfonamides is 1. The molecule has 0 radical (unpaired) electrons. The fourth-order valence-electron chi connectivity index (χ4n) is 3.90. The Morgan fingerprint density at radius 2 is 1.88 bits per heavy atom. The maximum atomic E-state index is 13.1. The lowest BCUT2D eigenvalue weighted by molar-refractivity contribution is -0.150. The number of aromatic nitrogens is 1. The number of amides is 1. The van der Waals surface area contributed by atoms with Crippen LogP contribution in [0.4, 0.5) is 0 Å². The Morgan fingerprint density at radius 3 is 2.50 bits per heavy atom. The van der Waals surface area contributed by atoms with Gasteiger partial charge in [0.1, 0.15) is 0 Å². The summed E-state index contributed by atoms with van der Waals surface area (Å²) in [5.74, 6) is 0.171.